The molecule has 0 fully saturated rings. The van der Waals surface area contributed by atoms with E-state index < -0.39 is 11.9 Å². The molecule has 30 heavy (non-hydrogen) atoms. The van der Waals surface area contributed by atoms with Crippen LogP contribution in [0.4, 0.5) is 0 Å². The van der Waals surface area contributed by atoms with Crippen molar-refractivity contribution < 1.29 is 23.8 Å². The van der Waals surface area contributed by atoms with E-state index in [2.05, 4.69) is 11.4 Å². The van der Waals surface area contributed by atoms with Gasteiger partial charge in [-0.2, -0.15) is 0 Å². The largest absolute Gasteiger partial charge is 0.466 e. The molecule has 3 aliphatic rings. The summed E-state index contributed by atoms with van der Waals surface area (Å²) in [6.45, 7) is 2.02. The van der Waals surface area contributed by atoms with Crippen LogP contribution in [0.5, 0.6) is 11.5 Å². The molecule has 1 N–H and O–H groups in total. The summed E-state index contributed by atoms with van der Waals surface area (Å²) in [7, 11) is 1.36. The predicted octanol–water partition coefficient (Wildman–Crippen LogP) is 4.01. The quantitative estimate of drug-likeness (QED) is 0.752. The van der Waals surface area contributed by atoms with E-state index in [9.17, 15) is 9.59 Å². The maximum atomic E-state index is 13.4. The molecule has 0 saturated heterocycles. The third-order valence-electron chi connectivity index (χ3n) is 5.91. The average Bonchev–Trinajstić information content (AvgIpc) is 3.43. The summed E-state index contributed by atoms with van der Waals surface area (Å²) in [5.41, 5.74) is 3.52. The van der Waals surface area contributed by atoms with Gasteiger partial charge in [0.2, 0.25) is 6.79 Å². The molecule has 154 valence electrons. The zero-order valence-electron chi connectivity index (χ0n) is 16.7. The van der Waals surface area contributed by atoms with Crippen molar-refractivity contribution in [1.82, 2.24) is 5.32 Å². The fraction of sp³-hybridized carbons (Fsp3) is 0.304. The van der Waals surface area contributed by atoms with Crippen LogP contribution >= 0.6 is 11.3 Å². The topological polar surface area (TPSA) is 73.9 Å². The van der Waals surface area contributed by atoms with Crippen LogP contribution < -0.4 is 14.8 Å². The molecule has 2 aromatic rings. The van der Waals surface area contributed by atoms with Gasteiger partial charge in [-0.1, -0.05) is 12.1 Å². The maximum Gasteiger partial charge on any atom is 0.336 e. The molecular weight excluding hydrogens is 402 g/mol. The summed E-state index contributed by atoms with van der Waals surface area (Å²) >= 11 is 1.67. The Hall–Kier alpha value is -3.06. The highest BCUT2D eigenvalue weighted by atomic mass is 32.1. The van der Waals surface area contributed by atoms with E-state index in [1.165, 1.54) is 12.0 Å². The number of ketones is 1. The van der Waals surface area contributed by atoms with Crippen molar-refractivity contribution in [3.63, 3.8) is 0 Å². The number of hydrogen-bond acceptors (Lipinski definition) is 7. The Morgan fingerprint density at radius 1 is 1.20 bits per heavy atom. The minimum Gasteiger partial charge on any atom is -0.466 e. The van der Waals surface area contributed by atoms with Crippen molar-refractivity contribution in [2.45, 2.75) is 31.6 Å². The number of hydrogen-bond donors (Lipinski definition) is 1. The lowest BCUT2D eigenvalue weighted by Crippen LogP contribution is -2.35. The first-order valence-corrected chi connectivity index (χ1v) is 10.7. The van der Waals surface area contributed by atoms with Gasteiger partial charge in [-0.15, -0.1) is 11.3 Å². The number of benzene rings is 1. The van der Waals surface area contributed by atoms with Crippen molar-refractivity contribution in [3.8, 4) is 11.5 Å². The van der Waals surface area contributed by atoms with Crippen LogP contribution in [0.3, 0.4) is 0 Å². The summed E-state index contributed by atoms with van der Waals surface area (Å²) in [6.07, 6.45) is 1.16. The lowest BCUT2D eigenvalue weighted by atomic mass is 9.72. The molecule has 5 rings (SSSR count). The lowest BCUT2D eigenvalue weighted by molar-refractivity contribution is -0.136. The summed E-state index contributed by atoms with van der Waals surface area (Å²) in [6, 6.07) is 9.67. The number of Topliss-reactive ketones (excluding diaryl/α,β-unsaturated/α-hetero) is 1. The number of nitrogens with one attached hydrogen (secondary N) is 1. The number of ether oxygens (including phenoxy) is 3. The molecule has 0 radical (unpaired) electrons. The summed E-state index contributed by atoms with van der Waals surface area (Å²) in [4.78, 5) is 27.3. The molecule has 0 unspecified atom stereocenters. The van der Waals surface area contributed by atoms with E-state index >= 15 is 0 Å². The van der Waals surface area contributed by atoms with Crippen molar-refractivity contribution >= 4 is 23.1 Å². The van der Waals surface area contributed by atoms with Crippen LogP contribution in [0.15, 0.2) is 58.3 Å². The SMILES string of the molecule is COC(=O)C1=C(C)NC2=C(C(=O)C[C@@H](c3cccs3)C2)[C@H]1c1ccc2c(c1)OCO2. The van der Waals surface area contributed by atoms with Crippen molar-refractivity contribution in [1.29, 1.82) is 0 Å². The Bertz CT molecular complexity index is 1100. The van der Waals surface area contributed by atoms with Gasteiger partial charge < -0.3 is 19.5 Å². The van der Waals surface area contributed by atoms with Crippen LogP contribution in [-0.2, 0) is 14.3 Å². The smallest absolute Gasteiger partial charge is 0.336 e. The first-order valence-electron chi connectivity index (χ1n) is 9.82. The first-order chi connectivity index (χ1) is 14.6. The standard InChI is InChI=1S/C23H21NO5S/c1-12-20(23(26)27-2)21(13-5-6-17-18(10-13)29-11-28-17)22-15(24-12)8-14(9-16(22)25)19-4-3-7-30-19/h3-7,10,14,21,24H,8-9,11H2,1-2H3/t14-,21-/m0/s1. The van der Waals surface area contributed by atoms with E-state index in [-0.39, 0.29) is 18.5 Å². The second-order valence-electron chi connectivity index (χ2n) is 7.64. The third kappa shape index (κ3) is 3.01. The predicted molar refractivity (Wildman–Crippen MR) is 111 cm³/mol. The Morgan fingerprint density at radius 3 is 2.80 bits per heavy atom. The van der Waals surface area contributed by atoms with Gasteiger partial charge in [0.25, 0.3) is 0 Å². The van der Waals surface area contributed by atoms with E-state index in [0.717, 1.165) is 17.7 Å². The van der Waals surface area contributed by atoms with Gasteiger partial charge in [0.1, 0.15) is 0 Å². The number of methoxy groups -OCH3 is 1. The van der Waals surface area contributed by atoms with Gasteiger partial charge in [-0.05, 0) is 42.5 Å². The van der Waals surface area contributed by atoms with Crippen molar-refractivity contribution in [2.75, 3.05) is 13.9 Å². The van der Waals surface area contributed by atoms with E-state index in [1.807, 2.05) is 36.6 Å². The molecule has 1 aliphatic carbocycles. The number of esters is 1. The summed E-state index contributed by atoms with van der Waals surface area (Å²) < 4.78 is 16.0. The molecule has 0 amide bonds. The fourth-order valence-electron chi connectivity index (χ4n) is 4.57. The molecule has 6 nitrogen and oxygen atoms in total. The Kier molecular flexibility index (Phi) is 4.62. The maximum absolute atomic E-state index is 13.4. The normalized spacial score (nSPS) is 22.7. The summed E-state index contributed by atoms with van der Waals surface area (Å²) in [5.74, 6) is 0.541. The van der Waals surface area contributed by atoms with E-state index in [4.69, 9.17) is 14.2 Å². The summed E-state index contributed by atoms with van der Waals surface area (Å²) in [5, 5.41) is 5.38. The minimum absolute atomic E-state index is 0.0544. The van der Waals surface area contributed by atoms with Gasteiger partial charge in [0.15, 0.2) is 17.3 Å². The van der Waals surface area contributed by atoms with Crippen molar-refractivity contribution in [2.24, 2.45) is 0 Å². The number of dihydropyridines is 1. The number of carbonyl (C=O) groups is 2. The molecular formula is C23H21NO5S. The number of fused-ring (bicyclic) bond motifs is 1. The Balaban J connectivity index is 1.62. The molecule has 2 atom stereocenters. The van der Waals surface area contributed by atoms with Crippen LogP contribution in [0.1, 0.15) is 42.0 Å². The second-order valence-corrected chi connectivity index (χ2v) is 8.62. The van der Waals surface area contributed by atoms with Gasteiger partial charge in [0, 0.05) is 40.1 Å². The fourth-order valence-corrected chi connectivity index (χ4v) is 5.40. The zero-order valence-corrected chi connectivity index (χ0v) is 17.5. The highest BCUT2D eigenvalue weighted by Crippen LogP contribution is 2.47. The van der Waals surface area contributed by atoms with Crippen LogP contribution in [0, 0.1) is 0 Å². The van der Waals surface area contributed by atoms with Crippen molar-refractivity contribution in [3.05, 3.63) is 68.7 Å². The zero-order chi connectivity index (χ0) is 20.8. The van der Waals surface area contributed by atoms with Gasteiger partial charge in [0.05, 0.1) is 12.7 Å². The Morgan fingerprint density at radius 2 is 2.03 bits per heavy atom. The monoisotopic (exact) mass is 423 g/mol. The Labute approximate surface area is 178 Å². The van der Waals surface area contributed by atoms with Crippen LogP contribution in [-0.4, -0.2) is 25.7 Å². The molecule has 1 aromatic carbocycles. The second kappa shape index (κ2) is 7.32. The molecule has 0 bridgehead atoms. The molecule has 2 aliphatic heterocycles. The number of thiophene rings is 1. The van der Waals surface area contributed by atoms with E-state index in [0.29, 0.717) is 34.8 Å². The number of carbonyl (C=O) groups excluding carboxylic acids is 2. The number of allylic oxidation sites excluding steroid dienone is 3. The van der Waals surface area contributed by atoms with Crippen LogP contribution in [0.2, 0.25) is 0 Å². The molecule has 0 saturated carbocycles. The highest BCUT2D eigenvalue weighted by molar-refractivity contribution is 7.10. The van der Waals surface area contributed by atoms with Crippen LogP contribution in [0.25, 0.3) is 0 Å². The molecule has 3 heterocycles. The highest BCUT2D eigenvalue weighted by Gasteiger charge is 2.41. The third-order valence-corrected chi connectivity index (χ3v) is 6.94. The minimum atomic E-state index is -0.500. The first kappa shape index (κ1) is 18.9. The van der Waals surface area contributed by atoms with Gasteiger partial charge in [-0.25, -0.2) is 4.79 Å². The molecule has 0 spiro atoms. The van der Waals surface area contributed by atoms with Gasteiger partial charge in [-0.3, -0.25) is 4.79 Å². The molecule has 7 heteroatoms. The van der Waals surface area contributed by atoms with Gasteiger partial charge >= 0.3 is 5.97 Å². The lowest BCUT2D eigenvalue weighted by Gasteiger charge is -2.36. The number of rotatable bonds is 3. The average molecular weight is 423 g/mol. The molecule has 1 aromatic heterocycles. The van der Waals surface area contributed by atoms with E-state index in [1.54, 1.807) is 11.3 Å².